The normalized spacial score (nSPS) is 16.4. The molecular formula is C19H24N4O2. The van der Waals surface area contributed by atoms with Crippen molar-refractivity contribution in [1.82, 2.24) is 20.4 Å². The first-order valence-electron chi connectivity index (χ1n) is 8.67. The van der Waals surface area contributed by atoms with Gasteiger partial charge < -0.3 is 10.6 Å². The SMILES string of the molecule is CC1(CNC(=O)c2ccc(=O)n(Cc3ccccc3)n2)CCNCC1. The van der Waals surface area contributed by atoms with E-state index in [4.69, 9.17) is 0 Å². The molecule has 6 heteroatoms. The lowest BCUT2D eigenvalue weighted by Crippen LogP contribution is -2.43. The number of nitrogens with zero attached hydrogens (tertiary/aromatic N) is 2. The molecule has 0 atom stereocenters. The Balaban J connectivity index is 1.68. The van der Waals surface area contributed by atoms with Crippen LogP contribution in [-0.4, -0.2) is 35.3 Å². The molecule has 0 radical (unpaired) electrons. The Kier molecular flexibility index (Phi) is 5.28. The molecule has 1 saturated heterocycles. The van der Waals surface area contributed by atoms with Gasteiger partial charge in [0, 0.05) is 12.6 Å². The van der Waals surface area contributed by atoms with Gasteiger partial charge in [-0.2, -0.15) is 5.10 Å². The number of carbonyl (C=O) groups is 1. The maximum atomic E-state index is 12.4. The van der Waals surface area contributed by atoms with Gasteiger partial charge >= 0.3 is 0 Å². The van der Waals surface area contributed by atoms with Gasteiger partial charge in [0.25, 0.3) is 11.5 Å². The zero-order valence-electron chi connectivity index (χ0n) is 14.5. The summed E-state index contributed by atoms with van der Waals surface area (Å²) >= 11 is 0. The van der Waals surface area contributed by atoms with E-state index in [1.807, 2.05) is 30.3 Å². The van der Waals surface area contributed by atoms with E-state index in [9.17, 15) is 9.59 Å². The number of rotatable bonds is 5. The van der Waals surface area contributed by atoms with Gasteiger partial charge in [-0.05, 0) is 43.0 Å². The van der Waals surface area contributed by atoms with Crippen LogP contribution in [0.25, 0.3) is 0 Å². The number of carbonyl (C=O) groups excluding carboxylic acids is 1. The van der Waals surface area contributed by atoms with Crippen molar-refractivity contribution in [2.45, 2.75) is 26.3 Å². The van der Waals surface area contributed by atoms with Crippen molar-refractivity contribution in [3.05, 3.63) is 64.1 Å². The lowest BCUT2D eigenvalue weighted by atomic mass is 9.81. The maximum Gasteiger partial charge on any atom is 0.271 e. The predicted octanol–water partition coefficient (Wildman–Crippen LogP) is 1.41. The zero-order valence-corrected chi connectivity index (χ0v) is 14.5. The quantitative estimate of drug-likeness (QED) is 0.863. The largest absolute Gasteiger partial charge is 0.350 e. The fourth-order valence-corrected chi connectivity index (χ4v) is 3.03. The molecule has 0 bridgehead atoms. The van der Waals surface area contributed by atoms with E-state index in [1.165, 1.54) is 16.8 Å². The fourth-order valence-electron chi connectivity index (χ4n) is 3.03. The number of benzene rings is 1. The summed E-state index contributed by atoms with van der Waals surface area (Å²) in [5.41, 5.74) is 1.13. The molecule has 1 amide bonds. The first kappa shape index (κ1) is 17.4. The molecule has 0 aliphatic carbocycles. The molecule has 2 heterocycles. The van der Waals surface area contributed by atoms with Crippen LogP contribution in [0.15, 0.2) is 47.3 Å². The molecule has 0 unspecified atom stereocenters. The van der Waals surface area contributed by atoms with Gasteiger partial charge in [-0.3, -0.25) is 9.59 Å². The van der Waals surface area contributed by atoms with Crippen LogP contribution < -0.4 is 16.2 Å². The topological polar surface area (TPSA) is 76.0 Å². The minimum absolute atomic E-state index is 0.111. The molecule has 3 rings (SSSR count). The predicted molar refractivity (Wildman–Crippen MR) is 96.6 cm³/mol. The van der Waals surface area contributed by atoms with Crippen molar-refractivity contribution < 1.29 is 4.79 Å². The Morgan fingerprint density at radius 3 is 2.64 bits per heavy atom. The summed E-state index contributed by atoms with van der Waals surface area (Å²) in [5, 5.41) is 10.5. The Labute approximate surface area is 147 Å². The summed E-state index contributed by atoms with van der Waals surface area (Å²) < 4.78 is 1.33. The molecule has 1 aliphatic heterocycles. The van der Waals surface area contributed by atoms with E-state index in [1.54, 1.807) is 0 Å². The van der Waals surface area contributed by atoms with Crippen molar-refractivity contribution in [3.8, 4) is 0 Å². The lowest BCUT2D eigenvalue weighted by Gasteiger charge is -2.34. The van der Waals surface area contributed by atoms with Crippen molar-refractivity contribution in [2.75, 3.05) is 19.6 Å². The van der Waals surface area contributed by atoms with Gasteiger partial charge in [0.2, 0.25) is 0 Å². The third-order valence-electron chi connectivity index (χ3n) is 4.76. The smallest absolute Gasteiger partial charge is 0.271 e. The molecule has 6 nitrogen and oxygen atoms in total. The maximum absolute atomic E-state index is 12.4. The number of hydrogen-bond donors (Lipinski definition) is 2. The van der Waals surface area contributed by atoms with Crippen LogP contribution in [0.2, 0.25) is 0 Å². The monoisotopic (exact) mass is 340 g/mol. The van der Waals surface area contributed by atoms with Gasteiger partial charge in [-0.25, -0.2) is 4.68 Å². The molecule has 2 aromatic rings. The van der Waals surface area contributed by atoms with E-state index in [2.05, 4.69) is 22.7 Å². The summed E-state index contributed by atoms with van der Waals surface area (Å²) in [6.07, 6.45) is 2.07. The van der Waals surface area contributed by atoms with E-state index in [0.717, 1.165) is 31.5 Å². The molecule has 1 fully saturated rings. The van der Waals surface area contributed by atoms with Gasteiger partial charge in [-0.15, -0.1) is 0 Å². The number of amides is 1. The number of nitrogens with one attached hydrogen (secondary N) is 2. The van der Waals surface area contributed by atoms with Gasteiger partial charge in [0.15, 0.2) is 0 Å². The Morgan fingerprint density at radius 2 is 1.92 bits per heavy atom. The minimum atomic E-state index is -0.235. The highest BCUT2D eigenvalue weighted by atomic mass is 16.2. The summed E-state index contributed by atoms with van der Waals surface area (Å²) in [6.45, 7) is 5.12. The average molecular weight is 340 g/mol. The highest BCUT2D eigenvalue weighted by Gasteiger charge is 2.27. The third kappa shape index (κ3) is 4.54. The molecule has 0 saturated carbocycles. The van der Waals surface area contributed by atoms with Crippen molar-refractivity contribution in [3.63, 3.8) is 0 Å². The first-order valence-corrected chi connectivity index (χ1v) is 8.67. The summed E-state index contributed by atoms with van der Waals surface area (Å²) in [6, 6.07) is 12.5. The number of aromatic nitrogens is 2. The van der Waals surface area contributed by atoms with Crippen molar-refractivity contribution >= 4 is 5.91 Å². The van der Waals surface area contributed by atoms with E-state index in [-0.39, 0.29) is 22.6 Å². The second kappa shape index (κ2) is 7.61. The summed E-state index contributed by atoms with van der Waals surface area (Å²) in [5.74, 6) is -0.235. The van der Waals surface area contributed by atoms with Crippen LogP contribution in [0.5, 0.6) is 0 Å². The Morgan fingerprint density at radius 1 is 1.20 bits per heavy atom. The molecule has 132 valence electrons. The van der Waals surface area contributed by atoms with Crippen LogP contribution in [0.1, 0.15) is 35.8 Å². The summed E-state index contributed by atoms with van der Waals surface area (Å²) in [7, 11) is 0. The average Bonchev–Trinajstić information content (AvgIpc) is 2.63. The molecule has 1 aromatic carbocycles. The highest BCUT2D eigenvalue weighted by molar-refractivity contribution is 5.92. The zero-order chi connectivity index (χ0) is 17.7. The Hall–Kier alpha value is -2.47. The molecule has 1 aromatic heterocycles. The van der Waals surface area contributed by atoms with E-state index in [0.29, 0.717) is 13.1 Å². The first-order chi connectivity index (χ1) is 12.1. The molecule has 25 heavy (non-hydrogen) atoms. The molecule has 1 aliphatic rings. The second-order valence-electron chi connectivity index (χ2n) is 6.94. The van der Waals surface area contributed by atoms with Crippen LogP contribution in [0.3, 0.4) is 0 Å². The third-order valence-corrected chi connectivity index (χ3v) is 4.76. The second-order valence-corrected chi connectivity index (χ2v) is 6.94. The van der Waals surface area contributed by atoms with Crippen LogP contribution in [0, 0.1) is 5.41 Å². The number of piperidine rings is 1. The standard InChI is InChI=1S/C19H24N4O2/c1-19(9-11-20-12-10-19)14-21-18(25)16-7-8-17(24)23(22-16)13-15-5-3-2-4-6-15/h2-8,20H,9-14H2,1H3,(H,21,25). The molecule has 2 N–H and O–H groups in total. The van der Waals surface area contributed by atoms with Crippen molar-refractivity contribution in [2.24, 2.45) is 5.41 Å². The lowest BCUT2D eigenvalue weighted by molar-refractivity contribution is 0.0914. The van der Waals surface area contributed by atoms with E-state index < -0.39 is 0 Å². The van der Waals surface area contributed by atoms with E-state index >= 15 is 0 Å². The number of hydrogen-bond acceptors (Lipinski definition) is 4. The van der Waals surface area contributed by atoms with Crippen molar-refractivity contribution in [1.29, 1.82) is 0 Å². The summed E-state index contributed by atoms with van der Waals surface area (Å²) in [4.78, 5) is 24.5. The molecule has 0 spiro atoms. The highest BCUT2D eigenvalue weighted by Crippen LogP contribution is 2.26. The fraction of sp³-hybridized carbons (Fsp3) is 0.421. The minimum Gasteiger partial charge on any atom is -0.350 e. The molecular weight excluding hydrogens is 316 g/mol. The van der Waals surface area contributed by atoms with Gasteiger partial charge in [-0.1, -0.05) is 37.3 Å². The van der Waals surface area contributed by atoms with Gasteiger partial charge in [0.05, 0.1) is 6.54 Å². The Bertz CT molecular complexity index is 780. The van der Waals surface area contributed by atoms with Crippen LogP contribution >= 0.6 is 0 Å². The van der Waals surface area contributed by atoms with Crippen LogP contribution in [0.4, 0.5) is 0 Å². The van der Waals surface area contributed by atoms with Crippen LogP contribution in [-0.2, 0) is 6.54 Å². The van der Waals surface area contributed by atoms with Gasteiger partial charge in [0.1, 0.15) is 5.69 Å².